The van der Waals surface area contributed by atoms with Crippen molar-refractivity contribution in [1.82, 2.24) is 10.1 Å². The molecule has 184 valence electrons. The second-order valence-corrected chi connectivity index (χ2v) is 10.3. The predicted molar refractivity (Wildman–Crippen MR) is 129 cm³/mol. The molecule has 0 unspecified atom stereocenters. The highest BCUT2D eigenvalue weighted by Gasteiger charge is 2.32. The Labute approximate surface area is 201 Å². The lowest BCUT2D eigenvalue weighted by molar-refractivity contribution is -0.117. The number of carbonyl (C=O) groups excluding carboxylic acids is 2. The van der Waals surface area contributed by atoms with Gasteiger partial charge in [-0.05, 0) is 84.9 Å². The lowest BCUT2D eigenvalue weighted by Crippen LogP contribution is -2.48. The molecule has 1 aliphatic carbocycles. The molecule has 2 heterocycles. The van der Waals surface area contributed by atoms with Gasteiger partial charge in [-0.3, -0.25) is 4.79 Å². The highest BCUT2D eigenvalue weighted by molar-refractivity contribution is 5.95. The van der Waals surface area contributed by atoms with Gasteiger partial charge in [0.1, 0.15) is 23.7 Å². The summed E-state index contributed by atoms with van der Waals surface area (Å²) in [4.78, 5) is 26.9. The molecule has 0 radical (unpaired) electrons. The number of carbonyl (C=O) groups is 2. The van der Waals surface area contributed by atoms with Crippen LogP contribution in [0.1, 0.15) is 64.3 Å². The van der Waals surface area contributed by atoms with Gasteiger partial charge in [0.25, 0.3) is 0 Å². The Kier molecular flexibility index (Phi) is 6.86. The van der Waals surface area contributed by atoms with Crippen LogP contribution in [0.3, 0.4) is 0 Å². The van der Waals surface area contributed by atoms with E-state index in [1.54, 1.807) is 4.90 Å². The summed E-state index contributed by atoms with van der Waals surface area (Å²) in [5.41, 5.74) is 2.58. The van der Waals surface area contributed by atoms with Gasteiger partial charge in [-0.1, -0.05) is 5.16 Å². The Balaban J connectivity index is 1.55. The van der Waals surface area contributed by atoms with Crippen molar-refractivity contribution < 1.29 is 23.6 Å². The van der Waals surface area contributed by atoms with E-state index in [2.05, 4.69) is 10.5 Å². The summed E-state index contributed by atoms with van der Waals surface area (Å²) in [6.45, 7) is 10.4. The topological polar surface area (TPSA) is 93.9 Å². The van der Waals surface area contributed by atoms with Gasteiger partial charge in [-0.15, -0.1) is 0 Å². The number of hydrogen-bond donors (Lipinski definition) is 1. The number of hydrogen-bond acceptors (Lipinski definition) is 6. The smallest absolute Gasteiger partial charge is 0.410 e. The lowest BCUT2D eigenvalue weighted by Gasteiger charge is -2.36. The van der Waals surface area contributed by atoms with Crippen molar-refractivity contribution in [3.8, 4) is 16.9 Å². The number of likely N-dealkylation sites (tertiary alicyclic amines) is 1. The Morgan fingerprint density at radius 2 is 1.94 bits per heavy atom. The van der Waals surface area contributed by atoms with Crippen LogP contribution in [0.5, 0.6) is 5.75 Å². The van der Waals surface area contributed by atoms with Crippen LogP contribution in [0, 0.1) is 19.8 Å². The molecule has 2 amide bonds. The van der Waals surface area contributed by atoms with E-state index < -0.39 is 5.60 Å². The van der Waals surface area contributed by atoms with Gasteiger partial charge in [0, 0.05) is 23.7 Å². The summed E-state index contributed by atoms with van der Waals surface area (Å²) >= 11 is 0. The third kappa shape index (κ3) is 5.72. The number of nitrogens with one attached hydrogen (secondary N) is 1. The Hall–Kier alpha value is -3.03. The maximum atomic E-state index is 12.8. The second kappa shape index (κ2) is 9.68. The normalized spacial score (nSPS) is 18.5. The molecular weight excluding hydrogens is 434 g/mol. The van der Waals surface area contributed by atoms with Crippen LogP contribution in [-0.4, -0.2) is 46.9 Å². The molecule has 1 saturated carbocycles. The van der Waals surface area contributed by atoms with Crippen LogP contribution >= 0.6 is 0 Å². The van der Waals surface area contributed by atoms with Crippen LogP contribution in [0.25, 0.3) is 11.1 Å². The number of benzene rings is 1. The number of amides is 2. The van der Waals surface area contributed by atoms with Gasteiger partial charge in [-0.2, -0.15) is 0 Å². The van der Waals surface area contributed by atoms with E-state index >= 15 is 0 Å². The number of anilines is 1. The van der Waals surface area contributed by atoms with E-state index in [1.807, 2.05) is 52.8 Å². The maximum absolute atomic E-state index is 12.8. The highest BCUT2D eigenvalue weighted by Crippen LogP contribution is 2.38. The molecule has 2 fully saturated rings. The summed E-state index contributed by atoms with van der Waals surface area (Å²) in [6, 6.07) is 5.55. The number of rotatable bonds is 6. The number of ether oxygens (including phenoxy) is 2. The van der Waals surface area contributed by atoms with E-state index in [1.165, 1.54) is 0 Å². The molecule has 8 nitrogen and oxygen atoms in total. The fraction of sp³-hybridized carbons (Fsp3) is 0.577. The molecule has 1 N–H and O–H groups in total. The molecule has 34 heavy (non-hydrogen) atoms. The van der Waals surface area contributed by atoms with E-state index in [-0.39, 0.29) is 24.0 Å². The first-order valence-corrected chi connectivity index (χ1v) is 12.1. The maximum Gasteiger partial charge on any atom is 0.410 e. The number of aromatic nitrogens is 1. The van der Waals surface area contributed by atoms with Crippen molar-refractivity contribution in [2.24, 2.45) is 5.92 Å². The van der Waals surface area contributed by atoms with Crippen LogP contribution in [-0.2, 0) is 9.53 Å². The molecule has 4 rings (SSSR count). The van der Waals surface area contributed by atoms with E-state index in [4.69, 9.17) is 14.0 Å². The molecule has 1 aromatic heterocycles. The van der Waals surface area contributed by atoms with Crippen LogP contribution in [0.4, 0.5) is 10.5 Å². The molecule has 1 saturated heterocycles. The summed E-state index contributed by atoms with van der Waals surface area (Å²) in [5.74, 6) is 1.51. The van der Waals surface area contributed by atoms with E-state index in [0.29, 0.717) is 30.3 Å². The number of piperidine rings is 1. The average Bonchev–Trinajstić information content (AvgIpc) is 3.57. The summed E-state index contributed by atoms with van der Waals surface area (Å²) in [6.07, 6.45) is 4.43. The first-order chi connectivity index (χ1) is 16.1. The zero-order valence-corrected chi connectivity index (χ0v) is 20.8. The standard InChI is InChI=1S/C26H35N3O5/c1-16-23(17(2)34-28-16)21-14-19(27-24(30)18-9-10-18)11-12-22(21)32-15-20-8-6-7-13-29(20)25(31)33-26(3,4)5/h11-12,14,18,20H,6-10,13,15H2,1-5H3,(H,27,30)/t20-/m1/s1. The lowest BCUT2D eigenvalue weighted by atomic mass is 10.0. The summed E-state index contributed by atoms with van der Waals surface area (Å²) in [5, 5.41) is 7.10. The number of aryl methyl sites for hydroxylation is 2. The molecular formula is C26H35N3O5. The van der Waals surface area contributed by atoms with Gasteiger partial charge < -0.3 is 24.2 Å². The van der Waals surface area contributed by atoms with Crippen molar-refractivity contribution in [2.75, 3.05) is 18.5 Å². The molecule has 1 atom stereocenters. The predicted octanol–water partition coefficient (Wildman–Crippen LogP) is 5.48. The molecule has 2 aliphatic rings. The van der Waals surface area contributed by atoms with Crippen molar-refractivity contribution in [1.29, 1.82) is 0 Å². The Morgan fingerprint density at radius 3 is 2.59 bits per heavy atom. The molecule has 8 heteroatoms. The minimum atomic E-state index is -0.544. The van der Waals surface area contributed by atoms with Gasteiger partial charge in [0.2, 0.25) is 5.91 Å². The minimum Gasteiger partial charge on any atom is -0.491 e. The van der Waals surface area contributed by atoms with Crippen molar-refractivity contribution in [2.45, 2.75) is 78.4 Å². The monoisotopic (exact) mass is 469 g/mol. The van der Waals surface area contributed by atoms with Gasteiger partial charge in [0.05, 0.1) is 17.3 Å². The zero-order valence-electron chi connectivity index (χ0n) is 20.8. The zero-order chi connectivity index (χ0) is 24.5. The largest absolute Gasteiger partial charge is 0.491 e. The van der Waals surface area contributed by atoms with Crippen LogP contribution in [0.15, 0.2) is 22.7 Å². The first kappa shape index (κ1) is 24.1. The van der Waals surface area contributed by atoms with Crippen molar-refractivity contribution in [3.63, 3.8) is 0 Å². The van der Waals surface area contributed by atoms with E-state index in [0.717, 1.165) is 48.9 Å². The SMILES string of the molecule is Cc1noc(C)c1-c1cc(NC(=O)C2CC2)ccc1OC[C@H]1CCCCN1C(=O)OC(C)(C)C. The Morgan fingerprint density at radius 1 is 1.18 bits per heavy atom. The molecule has 0 bridgehead atoms. The third-order valence-electron chi connectivity index (χ3n) is 6.18. The number of nitrogens with zero attached hydrogens (tertiary/aromatic N) is 2. The van der Waals surface area contributed by atoms with Crippen molar-refractivity contribution in [3.05, 3.63) is 29.7 Å². The minimum absolute atomic E-state index is 0.0496. The van der Waals surface area contributed by atoms with Crippen LogP contribution in [0.2, 0.25) is 0 Å². The second-order valence-electron chi connectivity index (χ2n) is 10.3. The molecule has 2 aromatic rings. The molecule has 1 aromatic carbocycles. The average molecular weight is 470 g/mol. The molecule has 1 aliphatic heterocycles. The van der Waals surface area contributed by atoms with Gasteiger partial charge in [-0.25, -0.2) is 4.79 Å². The fourth-order valence-corrected chi connectivity index (χ4v) is 4.31. The van der Waals surface area contributed by atoms with Crippen molar-refractivity contribution >= 4 is 17.7 Å². The summed E-state index contributed by atoms with van der Waals surface area (Å²) in [7, 11) is 0. The Bertz CT molecular complexity index is 1030. The van der Waals surface area contributed by atoms with E-state index in [9.17, 15) is 9.59 Å². The first-order valence-electron chi connectivity index (χ1n) is 12.1. The van der Waals surface area contributed by atoms with Gasteiger partial charge in [0.15, 0.2) is 0 Å². The van der Waals surface area contributed by atoms with Crippen LogP contribution < -0.4 is 10.1 Å². The van der Waals surface area contributed by atoms with Gasteiger partial charge >= 0.3 is 6.09 Å². The summed E-state index contributed by atoms with van der Waals surface area (Å²) < 4.78 is 17.3. The third-order valence-corrected chi connectivity index (χ3v) is 6.18. The molecule has 0 spiro atoms. The quantitative estimate of drug-likeness (QED) is 0.602. The highest BCUT2D eigenvalue weighted by atomic mass is 16.6. The fourth-order valence-electron chi connectivity index (χ4n) is 4.31.